The number of carboxylic acids is 1. The van der Waals surface area contributed by atoms with Gasteiger partial charge in [-0.15, -0.1) is 0 Å². The van der Waals surface area contributed by atoms with Crippen LogP contribution in [0.2, 0.25) is 0 Å². The first kappa shape index (κ1) is 14.0. The summed E-state index contributed by atoms with van der Waals surface area (Å²) in [6, 6.07) is 5.94. The second kappa shape index (κ2) is 5.67. The Morgan fingerprint density at radius 1 is 1.58 bits per heavy atom. The fraction of sp³-hybridized carbons (Fsp3) is 0.500. The van der Waals surface area contributed by atoms with E-state index in [1.807, 2.05) is 0 Å². The summed E-state index contributed by atoms with van der Waals surface area (Å²) in [6.07, 6.45) is 1.89. The SMILES string of the molecule is CC(NCC1CCCO1)(C(=O)O)c1ccccc1F. The van der Waals surface area contributed by atoms with Gasteiger partial charge >= 0.3 is 5.97 Å². The number of halogens is 1. The molecule has 2 N–H and O–H groups in total. The minimum absolute atomic E-state index is 0.00504. The van der Waals surface area contributed by atoms with E-state index in [1.165, 1.54) is 19.1 Å². The van der Waals surface area contributed by atoms with Gasteiger partial charge in [-0.2, -0.15) is 0 Å². The molecule has 2 rings (SSSR count). The van der Waals surface area contributed by atoms with Gasteiger partial charge in [-0.25, -0.2) is 9.18 Å². The molecule has 0 spiro atoms. The van der Waals surface area contributed by atoms with Crippen molar-refractivity contribution in [2.75, 3.05) is 13.2 Å². The van der Waals surface area contributed by atoms with Crippen molar-refractivity contribution >= 4 is 5.97 Å². The first-order valence-corrected chi connectivity index (χ1v) is 6.39. The van der Waals surface area contributed by atoms with Gasteiger partial charge in [0.05, 0.1) is 6.10 Å². The van der Waals surface area contributed by atoms with Crippen LogP contribution in [0.5, 0.6) is 0 Å². The Morgan fingerprint density at radius 2 is 2.32 bits per heavy atom. The smallest absolute Gasteiger partial charge is 0.328 e. The van der Waals surface area contributed by atoms with Crippen LogP contribution in [0.1, 0.15) is 25.3 Å². The molecule has 1 saturated heterocycles. The minimum atomic E-state index is -1.45. The van der Waals surface area contributed by atoms with Crippen molar-refractivity contribution in [3.05, 3.63) is 35.6 Å². The number of hydrogen-bond acceptors (Lipinski definition) is 3. The maximum Gasteiger partial charge on any atom is 0.328 e. The van der Waals surface area contributed by atoms with E-state index in [9.17, 15) is 14.3 Å². The highest BCUT2D eigenvalue weighted by Crippen LogP contribution is 2.24. The lowest BCUT2D eigenvalue weighted by Crippen LogP contribution is -2.49. The van der Waals surface area contributed by atoms with Crippen LogP contribution in [0.15, 0.2) is 24.3 Å². The van der Waals surface area contributed by atoms with Crippen LogP contribution in [0.25, 0.3) is 0 Å². The van der Waals surface area contributed by atoms with Crippen molar-refractivity contribution in [2.45, 2.75) is 31.4 Å². The lowest BCUT2D eigenvalue weighted by molar-refractivity contribution is -0.145. The van der Waals surface area contributed by atoms with Crippen LogP contribution in [-0.4, -0.2) is 30.3 Å². The van der Waals surface area contributed by atoms with E-state index in [-0.39, 0.29) is 11.7 Å². The number of ether oxygens (including phenoxy) is 1. The van der Waals surface area contributed by atoms with Crippen molar-refractivity contribution in [3.63, 3.8) is 0 Å². The van der Waals surface area contributed by atoms with Gasteiger partial charge in [0, 0.05) is 18.7 Å². The third-order valence-electron chi connectivity index (χ3n) is 3.55. The summed E-state index contributed by atoms with van der Waals surface area (Å²) in [5, 5.41) is 12.3. The molecule has 0 radical (unpaired) electrons. The Balaban J connectivity index is 2.17. The Kier molecular flexibility index (Phi) is 4.17. The normalized spacial score (nSPS) is 22.1. The summed E-state index contributed by atoms with van der Waals surface area (Å²) in [5.74, 6) is -1.62. The van der Waals surface area contributed by atoms with Crippen molar-refractivity contribution in [1.29, 1.82) is 0 Å². The summed E-state index contributed by atoms with van der Waals surface area (Å²) in [6.45, 7) is 2.58. The highest BCUT2D eigenvalue weighted by atomic mass is 19.1. The minimum Gasteiger partial charge on any atom is -0.480 e. The maximum atomic E-state index is 13.8. The van der Waals surface area contributed by atoms with E-state index in [0.717, 1.165) is 12.8 Å². The predicted molar refractivity (Wildman–Crippen MR) is 68.4 cm³/mol. The van der Waals surface area contributed by atoms with Crippen molar-refractivity contribution < 1.29 is 19.0 Å². The molecule has 2 unspecified atom stereocenters. The molecule has 104 valence electrons. The first-order valence-electron chi connectivity index (χ1n) is 6.39. The van der Waals surface area contributed by atoms with E-state index in [2.05, 4.69) is 5.32 Å². The van der Waals surface area contributed by atoms with Crippen LogP contribution in [-0.2, 0) is 15.1 Å². The largest absolute Gasteiger partial charge is 0.480 e. The van der Waals surface area contributed by atoms with Gasteiger partial charge in [-0.1, -0.05) is 18.2 Å². The molecule has 0 amide bonds. The summed E-state index contributed by atoms with van der Waals surface area (Å²) >= 11 is 0. The molecule has 2 atom stereocenters. The average molecular weight is 267 g/mol. The van der Waals surface area contributed by atoms with Gasteiger partial charge in [0.15, 0.2) is 0 Å². The second-order valence-corrected chi connectivity index (χ2v) is 4.93. The molecule has 19 heavy (non-hydrogen) atoms. The standard InChI is InChI=1S/C14H18FNO3/c1-14(13(17)18,11-6-2-3-7-12(11)15)16-9-10-5-4-8-19-10/h2-3,6-7,10,16H,4-5,8-9H2,1H3,(H,17,18). The van der Waals surface area contributed by atoms with Crippen LogP contribution < -0.4 is 5.32 Å². The molecule has 4 nitrogen and oxygen atoms in total. The van der Waals surface area contributed by atoms with Gasteiger partial charge in [-0.05, 0) is 25.8 Å². The average Bonchev–Trinajstić information content (AvgIpc) is 2.89. The first-order chi connectivity index (χ1) is 9.04. The summed E-state index contributed by atoms with van der Waals surface area (Å²) in [5.41, 5.74) is -1.31. The highest BCUT2D eigenvalue weighted by Gasteiger charge is 2.37. The van der Waals surface area contributed by atoms with Crippen LogP contribution in [0.3, 0.4) is 0 Å². The van der Waals surface area contributed by atoms with E-state index >= 15 is 0 Å². The Bertz CT molecular complexity index is 460. The zero-order chi connectivity index (χ0) is 13.9. The molecule has 5 heteroatoms. The molecule has 0 bridgehead atoms. The van der Waals surface area contributed by atoms with Gasteiger partial charge in [0.25, 0.3) is 0 Å². The van der Waals surface area contributed by atoms with Crippen molar-refractivity contribution in [1.82, 2.24) is 5.32 Å². The second-order valence-electron chi connectivity index (χ2n) is 4.93. The Hall–Kier alpha value is -1.46. The van der Waals surface area contributed by atoms with Gasteiger partial charge in [-0.3, -0.25) is 5.32 Å². The third-order valence-corrected chi connectivity index (χ3v) is 3.55. The molecular weight excluding hydrogens is 249 g/mol. The van der Waals surface area contributed by atoms with Gasteiger partial charge in [0.1, 0.15) is 11.4 Å². The molecular formula is C14H18FNO3. The van der Waals surface area contributed by atoms with Crippen molar-refractivity contribution in [3.8, 4) is 0 Å². The Morgan fingerprint density at radius 3 is 2.89 bits per heavy atom. The fourth-order valence-electron chi connectivity index (χ4n) is 2.28. The van der Waals surface area contributed by atoms with E-state index in [4.69, 9.17) is 4.74 Å². The summed E-state index contributed by atoms with van der Waals surface area (Å²) < 4.78 is 19.3. The monoisotopic (exact) mass is 267 g/mol. The fourth-order valence-corrected chi connectivity index (χ4v) is 2.28. The number of carbonyl (C=O) groups is 1. The number of carboxylic acid groups (broad SMARTS) is 1. The number of nitrogens with one attached hydrogen (secondary N) is 1. The van der Waals surface area contributed by atoms with Crippen LogP contribution in [0, 0.1) is 5.82 Å². The molecule has 0 aromatic heterocycles. The topological polar surface area (TPSA) is 58.6 Å². The molecule has 1 heterocycles. The molecule has 0 saturated carbocycles. The molecule has 1 aliphatic rings. The van der Waals surface area contributed by atoms with E-state index in [0.29, 0.717) is 13.2 Å². The van der Waals surface area contributed by atoms with E-state index < -0.39 is 17.3 Å². The molecule has 0 aliphatic carbocycles. The van der Waals surface area contributed by atoms with Crippen molar-refractivity contribution in [2.24, 2.45) is 0 Å². The number of hydrogen-bond donors (Lipinski definition) is 2. The molecule has 1 aromatic rings. The zero-order valence-corrected chi connectivity index (χ0v) is 10.9. The third kappa shape index (κ3) is 2.93. The van der Waals surface area contributed by atoms with E-state index in [1.54, 1.807) is 12.1 Å². The summed E-state index contributed by atoms with van der Waals surface area (Å²) in [7, 11) is 0. The lowest BCUT2D eigenvalue weighted by Gasteiger charge is -2.28. The number of benzene rings is 1. The quantitative estimate of drug-likeness (QED) is 0.855. The van der Waals surface area contributed by atoms with Crippen LogP contribution in [0.4, 0.5) is 4.39 Å². The van der Waals surface area contributed by atoms with Gasteiger partial charge < -0.3 is 9.84 Å². The Labute approximate surface area is 111 Å². The zero-order valence-electron chi connectivity index (χ0n) is 10.9. The number of aliphatic carboxylic acids is 1. The molecule has 1 aliphatic heterocycles. The highest BCUT2D eigenvalue weighted by molar-refractivity contribution is 5.80. The molecule has 1 fully saturated rings. The maximum absolute atomic E-state index is 13.8. The summed E-state index contributed by atoms with van der Waals surface area (Å²) in [4.78, 5) is 11.5. The lowest BCUT2D eigenvalue weighted by atomic mass is 9.91. The predicted octanol–water partition coefficient (Wildman–Crippen LogP) is 1.89. The van der Waals surface area contributed by atoms with Crippen LogP contribution >= 0.6 is 0 Å². The number of rotatable bonds is 5. The van der Waals surface area contributed by atoms with Gasteiger partial charge in [0.2, 0.25) is 0 Å². The molecule has 1 aromatic carbocycles.